The summed E-state index contributed by atoms with van der Waals surface area (Å²) in [5, 5.41) is 0. The molecule has 4 heterocycles. The van der Waals surface area contributed by atoms with Gasteiger partial charge in [0.1, 0.15) is 0 Å². The molecule has 4 aliphatic rings. The molecule has 4 rings (SSSR count). The summed E-state index contributed by atoms with van der Waals surface area (Å²) in [4.78, 5) is 0. The van der Waals surface area contributed by atoms with Crippen LogP contribution in [0.1, 0.15) is 12.8 Å². The van der Waals surface area contributed by atoms with Gasteiger partial charge in [-0.25, -0.2) is 0 Å². The van der Waals surface area contributed by atoms with E-state index >= 15 is 0 Å². The number of allylic oxidation sites excluding steroid dienone is 2. The van der Waals surface area contributed by atoms with Crippen molar-refractivity contribution in [2.75, 3.05) is 11.5 Å². The van der Waals surface area contributed by atoms with E-state index in [1.807, 2.05) is 0 Å². The molecule has 0 amide bonds. The van der Waals surface area contributed by atoms with Crippen molar-refractivity contribution in [2.45, 2.75) is 12.8 Å². The minimum atomic E-state index is 0.706. The van der Waals surface area contributed by atoms with E-state index < -0.39 is 0 Å². The molecule has 0 aromatic heterocycles. The molecule has 0 atom stereocenters. The van der Waals surface area contributed by atoms with E-state index in [-0.39, 0.29) is 0 Å². The molecular formula is C10H8S4Se2. The van der Waals surface area contributed by atoms with Crippen LogP contribution in [0, 0.1) is 0 Å². The van der Waals surface area contributed by atoms with Crippen molar-refractivity contribution < 1.29 is 0 Å². The molecule has 4 aliphatic heterocycles. The van der Waals surface area contributed by atoms with Crippen LogP contribution in [0.4, 0.5) is 0 Å². The Morgan fingerprint density at radius 3 is 1.69 bits per heavy atom. The first-order valence-corrected chi connectivity index (χ1v) is 12.1. The third-order valence-corrected chi connectivity index (χ3v) is 16.1. The second-order valence-electron chi connectivity index (χ2n) is 3.60. The van der Waals surface area contributed by atoms with E-state index in [2.05, 4.69) is 47.0 Å². The van der Waals surface area contributed by atoms with Crippen molar-refractivity contribution in [3.8, 4) is 0 Å². The topological polar surface area (TPSA) is 0 Å². The van der Waals surface area contributed by atoms with Gasteiger partial charge < -0.3 is 0 Å². The SMILES string of the molecule is C1CC2=C(S1)S/C(=C1/SC3=C(CCS3)[Se]1)[Se]2. The van der Waals surface area contributed by atoms with Crippen molar-refractivity contribution in [3.63, 3.8) is 0 Å². The molecule has 0 aromatic rings. The Bertz CT molecular complexity index is 385. The Balaban J connectivity index is 1.56. The van der Waals surface area contributed by atoms with Crippen LogP contribution < -0.4 is 0 Å². The first kappa shape index (κ1) is 11.5. The molecule has 6 heteroatoms. The summed E-state index contributed by atoms with van der Waals surface area (Å²) in [6.07, 6.45) is 2.76. The monoisotopic (exact) mass is 416 g/mol. The molecule has 0 N–H and O–H groups in total. The van der Waals surface area contributed by atoms with Gasteiger partial charge in [-0.1, -0.05) is 0 Å². The second-order valence-corrected chi connectivity index (χ2v) is 14.2. The maximum absolute atomic E-state index is 2.13. The molecule has 0 radical (unpaired) electrons. The number of rotatable bonds is 0. The summed E-state index contributed by atoms with van der Waals surface area (Å²) >= 11 is 9.86. The molecule has 16 heavy (non-hydrogen) atoms. The second kappa shape index (κ2) is 4.64. The van der Waals surface area contributed by atoms with Gasteiger partial charge in [0.15, 0.2) is 0 Å². The molecule has 0 aliphatic carbocycles. The van der Waals surface area contributed by atoms with E-state index in [1.165, 1.54) is 24.3 Å². The normalized spacial score (nSPS) is 33.0. The van der Waals surface area contributed by atoms with Gasteiger partial charge in [-0.3, -0.25) is 0 Å². The van der Waals surface area contributed by atoms with Crippen LogP contribution in [0.15, 0.2) is 25.0 Å². The molecule has 84 valence electrons. The quantitative estimate of drug-likeness (QED) is 0.555. The Hall–Kier alpha value is 1.66. The van der Waals surface area contributed by atoms with Crippen molar-refractivity contribution in [3.05, 3.63) is 25.0 Å². The van der Waals surface area contributed by atoms with Crippen LogP contribution in [0.25, 0.3) is 0 Å². The van der Waals surface area contributed by atoms with E-state index in [4.69, 9.17) is 0 Å². The summed E-state index contributed by atoms with van der Waals surface area (Å²) in [7, 11) is 0. The fourth-order valence-corrected chi connectivity index (χ4v) is 16.5. The molecule has 0 nitrogen and oxygen atoms in total. The van der Waals surface area contributed by atoms with Crippen LogP contribution in [0.5, 0.6) is 0 Å². The number of thioether (sulfide) groups is 4. The van der Waals surface area contributed by atoms with Crippen molar-refractivity contribution in [2.24, 2.45) is 0 Å². The fraction of sp³-hybridized carbons (Fsp3) is 0.400. The zero-order chi connectivity index (χ0) is 10.5. The van der Waals surface area contributed by atoms with E-state index in [9.17, 15) is 0 Å². The molecule has 0 aromatic carbocycles. The third kappa shape index (κ3) is 1.94. The number of hydrogen-bond acceptors (Lipinski definition) is 4. The van der Waals surface area contributed by atoms with Gasteiger partial charge in [0.05, 0.1) is 0 Å². The van der Waals surface area contributed by atoms with Crippen molar-refractivity contribution >= 4 is 77.0 Å². The molecule has 0 saturated heterocycles. The molecule has 0 fully saturated rings. The average Bonchev–Trinajstić information content (AvgIpc) is 2.94. The van der Waals surface area contributed by atoms with Gasteiger partial charge in [-0.2, -0.15) is 0 Å². The fourth-order valence-electron chi connectivity index (χ4n) is 1.80. The summed E-state index contributed by atoms with van der Waals surface area (Å²) in [6.45, 7) is 0. The first-order valence-electron chi connectivity index (χ1n) is 5.08. The molecule has 0 spiro atoms. The van der Waals surface area contributed by atoms with Gasteiger partial charge in [-0.05, 0) is 0 Å². The Morgan fingerprint density at radius 1 is 0.750 bits per heavy atom. The van der Waals surface area contributed by atoms with Crippen LogP contribution in [0.2, 0.25) is 0 Å². The van der Waals surface area contributed by atoms with Gasteiger partial charge in [0.25, 0.3) is 0 Å². The Morgan fingerprint density at radius 2 is 1.25 bits per heavy atom. The molecular weight excluding hydrogens is 406 g/mol. The van der Waals surface area contributed by atoms with Crippen molar-refractivity contribution in [1.82, 2.24) is 0 Å². The third-order valence-electron chi connectivity index (χ3n) is 2.55. The molecule has 0 unspecified atom stereocenters. The van der Waals surface area contributed by atoms with E-state index in [1.54, 1.807) is 25.0 Å². The van der Waals surface area contributed by atoms with Gasteiger partial charge in [0.2, 0.25) is 0 Å². The Kier molecular flexibility index (Phi) is 3.33. The average molecular weight is 414 g/mol. The standard InChI is InChI=1S/C10H8S4Se2/c1-3-11-7-5(1)15-9(13-7)10-14-8-6(16-10)2-4-12-8/h1-4H2/b10-9+. The van der Waals surface area contributed by atoms with Crippen LogP contribution in [-0.2, 0) is 0 Å². The predicted molar refractivity (Wildman–Crippen MR) is 81.9 cm³/mol. The summed E-state index contributed by atoms with van der Waals surface area (Å²) in [5.41, 5.74) is 0. The maximum atomic E-state index is 2.13. The Labute approximate surface area is 125 Å². The molecule has 0 saturated carbocycles. The zero-order valence-corrected chi connectivity index (χ0v) is 15.0. The number of hydrogen-bond donors (Lipinski definition) is 0. The summed E-state index contributed by atoms with van der Waals surface area (Å²) in [6, 6.07) is 0. The zero-order valence-electron chi connectivity index (χ0n) is 8.28. The van der Waals surface area contributed by atoms with Gasteiger partial charge >= 0.3 is 126 Å². The summed E-state index contributed by atoms with van der Waals surface area (Å²) < 4.78 is 10.5. The van der Waals surface area contributed by atoms with E-state index in [0.29, 0.717) is 29.9 Å². The first-order chi connectivity index (χ1) is 7.90. The van der Waals surface area contributed by atoms with Crippen LogP contribution >= 0.6 is 47.0 Å². The van der Waals surface area contributed by atoms with E-state index in [0.717, 1.165) is 0 Å². The summed E-state index contributed by atoms with van der Waals surface area (Å²) in [5.74, 6) is 2.70. The van der Waals surface area contributed by atoms with Gasteiger partial charge in [-0.15, -0.1) is 0 Å². The van der Waals surface area contributed by atoms with Gasteiger partial charge in [0, 0.05) is 0 Å². The van der Waals surface area contributed by atoms with Crippen molar-refractivity contribution in [1.29, 1.82) is 0 Å². The molecule has 0 bridgehead atoms. The van der Waals surface area contributed by atoms with Crippen LogP contribution in [-0.4, -0.2) is 41.4 Å². The predicted octanol–water partition coefficient (Wildman–Crippen LogP) is 3.63. The minimum absolute atomic E-state index is 0.706. The van der Waals surface area contributed by atoms with Crippen LogP contribution in [0.3, 0.4) is 0 Å².